The van der Waals surface area contributed by atoms with E-state index in [-0.39, 0.29) is 12.5 Å². The highest BCUT2D eigenvalue weighted by Gasteiger charge is 2.20. The lowest BCUT2D eigenvalue weighted by atomic mass is 10.2. The van der Waals surface area contributed by atoms with Crippen molar-refractivity contribution in [1.82, 2.24) is 9.88 Å². The largest absolute Gasteiger partial charge is 0.354 e. The molecule has 7 nitrogen and oxygen atoms in total. The van der Waals surface area contributed by atoms with Gasteiger partial charge >= 0.3 is 0 Å². The van der Waals surface area contributed by atoms with E-state index in [0.717, 1.165) is 19.5 Å². The highest BCUT2D eigenvalue weighted by molar-refractivity contribution is 6.32. The summed E-state index contributed by atoms with van der Waals surface area (Å²) in [5, 5.41) is 21.3. The van der Waals surface area contributed by atoms with E-state index in [2.05, 4.69) is 26.2 Å². The number of nitriles is 2. The Hall–Kier alpha value is -3.13. The minimum atomic E-state index is -0.134. The van der Waals surface area contributed by atoms with E-state index in [1.165, 1.54) is 0 Å². The summed E-state index contributed by atoms with van der Waals surface area (Å²) in [4.78, 5) is 20.9. The lowest BCUT2D eigenvalue weighted by Crippen LogP contribution is -2.36. The van der Waals surface area contributed by atoms with E-state index in [0.29, 0.717) is 40.7 Å². The number of benzene rings is 1. The van der Waals surface area contributed by atoms with Crippen LogP contribution >= 0.6 is 11.6 Å². The summed E-state index contributed by atoms with van der Waals surface area (Å²) in [6.07, 6.45) is 2.56. The van der Waals surface area contributed by atoms with Crippen molar-refractivity contribution >= 4 is 29.0 Å². The minimum Gasteiger partial charge on any atom is -0.354 e. The Kier molecular flexibility index (Phi) is 6.44. The highest BCUT2D eigenvalue weighted by atomic mass is 35.5. The second kappa shape index (κ2) is 9.18. The molecule has 0 atom stereocenters. The number of amides is 1. The number of hydrogen-bond donors (Lipinski definition) is 1. The van der Waals surface area contributed by atoms with Gasteiger partial charge in [-0.2, -0.15) is 10.5 Å². The summed E-state index contributed by atoms with van der Waals surface area (Å²) in [6.45, 7) is 3.23. The number of halogens is 1. The average molecular weight is 395 g/mol. The lowest BCUT2D eigenvalue weighted by molar-refractivity contribution is -0.117. The average Bonchev–Trinajstić information content (AvgIpc) is 2.93. The van der Waals surface area contributed by atoms with Crippen LogP contribution in [0.25, 0.3) is 0 Å². The normalized spacial score (nSPS) is 14.6. The third kappa shape index (κ3) is 4.77. The Balaban J connectivity index is 1.57. The van der Waals surface area contributed by atoms with Crippen molar-refractivity contribution in [2.45, 2.75) is 6.42 Å². The number of nitrogens with zero attached hydrogens (tertiary/aromatic N) is 5. The van der Waals surface area contributed by atoms with Crippen LogP contribution in [0.3, 0.4) is 0 Å². The molecule has 1 saturated heterocycles. The topological polar surface area (TPSA) is 96.1 Å². The van der Waals surface area contributed by atoms with Crippen molar-refractivity contribution in [1.29, 1.82) is 10.5 Å². The smallest absolute Gasteiger partial charge is 0.238 e. The van der Waals surface area contributed by atoms with E-state index in [9.17, 15) is 10.1 Å². The van der Waals surface area contributed by atoms with Crippen LogP contribution in [0.4, 0.5) is 11.5 Å². The number of rotatable bonds is 4. The molecule has 2 heterocycles. The molecule has 0 aliphatic carbocycles. The molecule has 0 bridgehead atoms. The fraction of sp³-hybridized carbons (Fsp3) is 0.300. The fourth-order valence-corrected chi connectivity index (χ4v) is 3.39. The van der Waals surface area contributed by atoms with E-state index < -0.39 is 0 Å². The number of carbonyl (C=O) groups excluding carboxylic acids is 1. The maximum atomic E-state index is 12.4. The molecule has 2 aromatic rings. The number of pyridine rings is 1. The number of hydrogen-bond acceptors (Lipinski definition) is 6. The van der Waals surface area contributed by atoms with Gasteiger partial charge in [0.2, 0.25) is 5.91 Å². The molecule has 0 saturated carbocycles. The number of nitrogens with one attached hydrogen (secondary N) is 1. The van der Waals surface area contributed by atoms with Gasteiger partial charge in [0.1, 0.15) is 18.0 Å². The molecule has 1 amide bonds. The van der Waals surface area contributed by atoms with Crippen LogP contribution in [0.1, 0.15) is 17.5 Å². The van der Waals surface area contributed by atoms with E-state index >= 15 is 0 Å². The summed E-state index contributed by atoms with van der Waals surface area (Å²) < 4.78 is 0. The molecular formula is C20H19ClN6O. The first kappa shape index (κ1) is 19.6. The van der Waals surface area contributed by atoms with Gasteiger partial charge in [-0.3, -0.25) is 9.69 Å². The second-order valence-electron chi connectivity index (χ2n) is 6.46. The molecular weight excluding hydrogens is 376 g/mol. The molecule has 3 rings (SSSR count). The van der Waals surface area contributed by atoms with Crippen molar-refractivity contribution in [3.8, 4) is 12.1 Å². The molecule has 0 unspecified atom stereocenters. The third-order valence-corrected chi connectivity index (χ3v) is 4.85. The van der Waals surface area contributed by atoms with Crippen LogP contribution in [-0.4, -0.2) is 48.5 Å². The van der Waals surface area contributed by atoms with Crippen molar-refractivity contribution in [3.63, 3.8) is 0 Å². The molecule has 1 N–H and O–H groups in total. The highest BCUT2D eigenvalue weighted by Crippen LogP contribution is 2.21. The van der Waals surface area contributed by atoms with Crippen molar-refractivity contribution in [2.24, 2.45) is 0 Å². The van der Waals surface area contributed by atoms with Crippen LogP contribution in [0.15, 0.2) is 36.5 Å². The van der Waals surface area contributed by atoms with Crippen LogP contribution in [0.2, 0.25) is 5.02 Å². The van der Waals surface area contributed by atoms with E-state index in [1.807, 2.05) is 6.07 Å². The number of aromatic nitrogens is 1. The molecule has 0 radical (unpaired) electrons. The zero-order valence-corrected chi connectivity index (χ0v) is 16.0. The number of carbonyl (C=O) groups is 1. The summed E-state index contributed by atoms with van der Waals surface area (Å²) in [7, 11) is 0. The summed E-state index contributed by atoms with van der Waals surface area (Å²) in [5.41, 5.74) is 1.50. The van der Waals surface area contributed by atoms with Crippen molar-refractivity contribution in [3.05, 3.63) is 52.7 Å². The standard InChI is InChI=1S/C20H19ClN6O/c21-18-11-17(5-4-15(18)12-22)25-19(28)14-26-7-2-8-27(10-9-26)20-16(13-23)3-1-6-24-20/h1,3-6,11H,2,7-10,14H2,(H,25,28). The Morgan fingerprint density at radius 3 is 2.71 bits per heavy atom. The van der Waals surface area contributed by atoms with Gasteiger partial charge < -0.3 is 10.2 Å². The van der Waals surface area contributed by atoms with Gasteiger partial charge in [-0.25, -0.2) is 4.98 Å². The quantitative estimate of drug-likeness (QED) is 0.856. The molecule has 8 heteroatoms. The number of anilines is 2. The monoisotopic (exact) mass is 394 g/mol. The summed E-state index contributed by atoms with van der Waals surface area (Å²) >= 11 is 6.01. The lowest BCUT2D eigenvalue weighted by Gasteiger charge is -2.23. The van der Waals surface area contributed by atoms with Gasteiger partial charge in [-0.1, -0.05) is 11.6 Å². The zero-order chi connectivity index (χ0) is 19.9. The Labute approximate surface area is 168 Å². The van der Waals surface area contributed by atoms with Crippen LogP contribution in [0, 0.1) is 22.7 Å². The van der Waals surface area contributed by atoms with Gasteiger partial charge in [-0.05, 0) is 36.8 Å². The van der Waals surface area contributed by atoms with E-state index in [1.54, 1.807) is 36.5 Å². The predicted octanol–water partition coefficient (Wildman–Crippen LogP) is 2.63. The zero-order valence-electron chi connectivity index (χ0n) is 15.2. The molecule has 0 spiro atoms. The van der Waals surface area contributed by atoms with Crippen LogP contribution in [-0.2, 0) is 4.79 Å². The van der Waals surface area contributed by atoms with Crippen molar-refractivity contribution < 1.29 is 4.79 Å². The maximum Gasteiger partial charge on any atom is 0.238 e. The Morgan fingerprint density at radius 2 is 1.96 bits per heavy atom. The SMILES string of the molecule is N#Cc1ccc(NC(=O)CN2CCCN(c3ncccc3C#N)CC2)cc1Cl. The van der Waals surface area contributed by atoms with Gasteiger partial charge in [-0.15, -0.1) is 0 Å². The molecule has 1 aromatic carbocycles. The molecule has 1 aromatic heterocycles. The fourth-order valence-electron chi connectivity index (χ4n) is 3.16. The van der Waals surface area contributed by atoms with Gasteiger partial charge in [0.05, 0.1) is 22.7 Å². The summed E-state index contributed by atoms with van der Waals surface area (Å²) in [6, 6.07) is 12.5. The van der Waals surface area contributed by atoms with Gasteiger partial charge in [0.25, 0.3) is 0 Å². The van der Waals surface area contributed by atoms with Gasteiger partial charge in [0.15, 0.2) is 0 Å². The minimum absolute atomic E-state index is 0.134. The molecule has 142 valence electrons. The summed E-state index contributed by atoms with van der Waals surface area (Å²) in [5.74, 6) is 0.563. The first-order chi connectivity index (χ1) is 13.6. The Morgan fingerprint density at radius 1 is 1.14 bits per heavy atom. The van der Waals surface area contributed by atoms with Crippen molar-refractivity contribution in [2.75, 3.05) is 42.9 Å². The molecule has 28 heavy (non-hydrogen) atoms. The van der Waals surface area contributed by atoms with Gasteiger partial charge in [0, 0.05) is 38.1 Å². The predicted molar refractivity (Wildman–Crippen MR) is 107 cm³/mol. The second-order valence-corrected chi connectivity index (χ2v) is 6.86. The van der Waals surface area contributed by atoms with Crippen LogP contribution < -0.4 is 10.2 Å². The third-order valence-electron chi connectivity index (χ3n) is 4.54. The first-order valence-corrected chi connectivity index (χ1v) is 9.30. The Bertz CT molecular complexity index is 948. The van der Waals surface area contributed by atoms with E-state index in [4.69, 9.17) is 16.9 Å². The molecule has 1 aliphatic rings. The molecule has 1 fully saturated rings. The maximum absolute atomic E-state index is 12.4. The molecule has 1 aliphatic heterocycles. The first-order valence-electron chi connectivity index (χ1n) is 8.92. The van der Waals surface area contributed by atoms with Crippen LogP contribution in [0.5, 0.6) is 0 Å².